The first-order valence-corrected chi connectivity index (χ1v) is 3.82. The summed E-state index contributed by atoms with van der Waals surface area (Å²) in [4.78, 5) is 0. The van der Waals surface area contributed by atoms with Gasteiger partial charge >= 0.3 is 0 Å². The van der Waals surface area contributed by atoms with Gasteiger partial charge in [-0.2, -0.15) is 0 Å². The third-order valence-corrected chi connectivity index (χ3v) is 1.85. The van der Waals surface area contributed by atoms with E-state index in [4.69, 9.17) is 5.73 Å². The molecule has 0 amide bonds. The van der Waals surface area contributed by atoms with Crippen LogP contribution in [-0.4, -0.2) is 6.43 Å². The number of rotatable bonds is 2. The molecular formula is C9H11ClF3N. The highest BCUT2D eigenvalue weighted by atomic mass is 35.5. The minimum Gasteiger partial charge on any atom is -0.319 e. The Morgan fingerprint density at radius 1 is 1.29 bits per heavy atom. The summed E-state index contributed by atoms with van der Waals surface area (Å²) in [6.07, 6.45) is -2.66. The average molecular weight is 226 g/mol. The molecule has 14 heavy (non-hydrogen) atoms. The third kappa shape index (κ3) is 2.89. The molecule has 0 aromatic heterocycles. The lowest BCUT2D eigenvalue weighted by atomic mass is 10.1. The van der Waals surface area contributed by atoms with Crippen molar-refractivity contribution in [3.8, 4) is 0 Å². The van der Waals surface area contributed by atoms with Crippen LogP contribution in [0, 0.1) is 12.7 Å². The third-order valence-electron chi connectivity index (χ3n) is 1.85. The molecule has 0 saturated heterocycles. The molecule has 1 atom stereocenters. The summed E-state index contributed by atoms with van der Waals surface area (Å²) in [7, 11) is 0. The molecule has 2 N–H and O–H groups in total. The maximum Gasteiger partial charge on any atom is 0.257 e. The molecular weight excluding hydrogens is 215 g/mol. The van der Waals surface area contributed by atoms with Crippen LogP contribution in [0.3, 0.4) is 0 Å². The highest BCUT2D eigenvalue weighted by molar-refractivity contribution is 5.85. The van der Waals surface area contributed by atoms with E-state index in [1.165, 1.54) is 12.1 Å². The molecule has 0 fully saturated rings. The predicted molar refractivity (Wildman–Crippen MR) is 51.3 cm³/mol. The second kappa shape index (κ2) is 5.22. The molecule has 80 valence electrons. The van der Waals surface area contributed by atoms with Gasteiger partial charge in [0, 0.05) is 0 Å². The quantitative estimate of drug-likeness (QED) is 0.823. The lowest BCUT2D eigenvalue weighted by molar-refractivity contribution is 0.116. The van der Waals surface area contributed by atoms with Gasteiger partial charge in [-0.3, -0.25) is 0 Å². The fourth-order valence-electron chi connectivity index (χ4n) is 0.962. The second-order valence-electron chi connectivity index (χ2n) is 2.87. The SMILES string of the molecule is Cc1ccc([C@H](N)C(F)F)cc1F.Cl. The molecule has 1 aromatic carbocycles. The van der Waals surface area contributed by atoms with Gasteiger partial charge in [0.15, 0.2) is 0 Å². The Morgan fingerprint density at radius 2 is 1.86 bits per heavy atom. The van der Waals surface area contributed by atoms with E-state index in [0.29, 0.717) is 5.56 Å². The van der Waals surface area contributed by atoms with E-state index in [-0.39, 0.29) is 18.0 Å². The van der Waals surface area contributed by atoms with Crippen molar-refractivity contribution in [2.75, 3.05) is 0 Å². The van der Waals surface area contributed by atoms with Gasteiger partial charge in [-0.05, 0) is 24.1 Å². The Bertz CT molecular complexity index is 304. The van der Waals surface area contributed by atoms with Gasteiger partial charge in [0.25, 0.3) is 6.43 Å². The molecule has 0 unspecified atom stereocenters. The first kappa shape index (κ1) is 13.3. The highest BCUT2D eigenvalue weighted by Crippen LogP contribution is 2.19. The number of aryl methyl sites for hydroxylation is 1. The molecule has 5 heteroatoms. The summed E-state index contributed by atoms with van der Waals surface area (Å²) < 4.78 is 37.1. The van der Waals surface area contributed by atoms with E-state index in [1.54, 1.807) is 6.92 Å². The molecule has 1 aromatic rings. The summed E-state index contributed by atoms with van der Waals surface area (Å²) in [5.74, 6) is -0.506. The van der Waals surface area contributed by atoms with Crippen molar-refractivity contribution in [1.29, 1.82) is 0 Å². The van der Waals surface area contributed by atoms with Gasteiger partial charge in [-0.1, -0.05) is 12.1 Å². The van der Waals surface area contributed by atoms with Crippen molar-refractivity contribution in [1.82, 2.24) is 0 Å². The van der Waals surface area contributed by atoms with Gasteiger partial charge in [0.05, 0.1) is 6.04 Å². The molecule has 1 nitrogen and oxygen atoms in total. The zero-order chi connectivity index (χ0) is 10.0. The summed E-state index contributed by atoms with van der Waals surface area (Å²) >= 11 is 0. The zero-order valence-electron chi connectivity index (χ0n) is 7.51. The fraction of sp³-hybridized carbons (Fsp3) is 0.333. The Balaban J connectivity index is 0.00000169. The van der Waals surface area contributed by atoms with Gasteiger partial charge in [0.2, 0.25) is 0 Å². The predicted octanol–water partition coefficient (Wildman–Crippen LogP) is 2.82. The number of alkyl halides is 2. The first-order valence-electron chi connectivity index (χ1n) is 3.82. The number of benzene rings is 1. The standard InChI is InChI=1S/C9H10F3N.ClH/c1-5-2-3-6(4-7(5)10)8(13)9(11)12;/h2-4,8-9H,13H2,1H3;1H/t8-;/m0./s1. The molecule has 0 aliphatic heterocycles. The summed E-state index contributed by atoms with van der Waals surface area (Å²) in [5.41, 5.74) is 5.68. The average Bonchev–Trinajstić information content (AvgIpc) is 2.08. The molecule has 0 saturated carbocycles. The zero-order valence-corrected chi connectivity index (χ0v) is 8.32. The Morgan fingerprint density at radius 3 is 2.29 bits per heavy atom. The summed E-state index contributed by atoms with van der Waals surface area (Å²) in [6, 6.07) is 2.49. The number of halogens is 4. The van der Waals surface area contributed by atoms with Crippen molar-refractivity contribution >= 4 is 12.4 Å². The van der Waals surface area contributed by atoms with Gasteiger partial charge < -0.3 is 5.73 Å². The van der Waals surface area contributed by atoms with Crippen LogP contribution in [0.1, 0.15) is 17.2 Å². The minimum atomic E-state index is -2.66. The van der Waals surface area contributed by atoms with Crippen molar-refractivity contribution < 1.29 is 13.2 Å². The lowest BCUT2D eigenvalue weighted by Gasteiger charge is -2.10. The van der Waals surface area contributed by atoms with E-state index in [9.17, 15) is 13.2 Å². The Hall–Kier alpha value is -0.740. The Labute approximate surface area is 86.5 Å². The molecule has 0 spiro atoms. The topological polar surface area (TPSA) is 26.0 Å². The van der Waals surface area contributed by atoms with Crippen molar-refractivity contribution in [3.63, 3.8) is 0 Å². The Kier molecular flexibility index (Phi) is 4.94. The van der Waals surface area contributed by atoms with Crippen LogP contribution >= 0.6 is 12.4 Å². The molecule has 1 rings (SSSR count). The van der Waals surface area contributed by atoms with E-state index in [0.717, 1.165) is 6.07 Å². The molecule has 0 radical (unpaired) electrons. The monoisotopic (exact) mass is 225 g/mol. The molecule has 0 heterocycles. The van der Waals surface area contributed by atoms with Crippen molar-refractivity contribution in [2.24, 2.45) is 5.73 Å². The fourth-order valence-corrected chi connectivity index (χ4v) is 0.962. The van der Waals surface area contributed by atoms with Crippen molar-refractivity contribution in [2.45, 2.75) is 19.4 Å². The van der Waals surface area contributed by atoms with E-state index >= 15 is 0 Å². The van der Waals surface area contributed by atoms with Crippen LogP contribution in [0.15, 0.2) is 18.2 Å². The van der Waals surface area contributed by atoms with Crippen LogP contribution in [0.25, 0.3) is 0 Å². The van der Waals surface area contributed by atoms with Crippen LogP contribution < -0.4 is 5.73 Å². The van der Waals surface area contributed by atoms with Crippen LogP contribution in [0.4, 0.5) is 13.2 Å². The van der Waals surface area contributed by atoms with E-state index in [2.05, 4.69) is 0 Å². The highest BCUT2D eigenvalue weighted by Gasteiger charge is 2.17. The van der Waals surface area contributed by atoms with Gasteiger partial charge in [-0.25, -0.2) is 13.2 Å². The summed E-state index contributed by atoms with van der Waals surface area (Å²) in [5, 5.41) is 0. The normalized spacial score (nSPS) is 12.4. The first-order chi connectivity index (χ1) is 6.02. The second-order valence-corrected chi connectivity index (χ2v) is 2.87. The van der Waals surface area contributed by atoms with Gasteiger partial charge in [-0.15, -0.1) is 12.4 Å². The van der Waals surface area contributed by atoms with Crippen molar-refractivity contribution in [3.05, 3.63) is 35.1 Å². The molecule has 0 bridgehead atoms. The van der Waals surface area contributed by atoms with Crippen LogP contribution in [-0.2, 0) is 0 Å². The molecule has 0 aliphatic carbocycles. The molecule has 0 aliphatic rings. The van der Waals surface area contributed by atoms with E-state index < -0.39 is 18.3 Å². The summed E-state index contributed by atoms with van der Waals surface area (Å²) in [6.45, 7) is 1.56. The largest absolute Gasteiger partial charge is 0.319 e. The van der Waals surface area contributed by atoms with E-state index in [1.807, 2.05) is 0 Å². The van der Waals surface area contributed by atoms with Crippen LogP contribution in [0.5, 0.6) is 0 Å². The smallest absolute Gasteiger partial charge is 0.257 e. The number of hydrogen-bond donors (Lipinski definition) is 1. The number of hydrogen-bond acceptors (Lipinski definition) is 1. The van der Waals surface area contributed by atoms with Gasteiger partial charge in [0.1, 0.15) is 5.82 Å². The maximum absolute atomic E-state index is 12.9. The van der Waals surface area contributed by atoms with Crippen LogP contribution in [0.2, 0.25) is 0 Å². The minimum absolute atomic E-state index is 0. The lowest BCUT2D eigenvalue weighted by Crippen LogP contribution is -2.19. The number of nitrogens with two attached hydrogens (primary N) is 1. The maximum atomic E-state index is 12.9.